The van der Waals surface area contributed by atoms with Gasteiger partial charge >= 0.3 is 6.09 Å². The van der Waals surface area contributed by atoms with E-state index in [1.807, 2.05) is 24.3 Å². The molecule has 1 spiro atoms. The molecular weight excluding hydrogens is 779 g/mol. The minimum atomic E-state index is -3.99. The molecule has 1 aromatic carbocycles. The number of hydrogen-bond acceptors (Lipinski definition) is 11. The van der Waals surface area contributed by atoms with Crippen molar-refractivity contribution in [2.45, 2.75) is 156 Å². The number of benzene rings is 1. The Bertz CT molecular complexity index is 2250. The third-order valence-electron chi connectivity index (χ3n) is 14.2. The minimum absolute atomic E-state index is 0.0587. The van der Waals surface area contributed by atoms with Gasteiger partial charge in [0.2, 0.25) is 28.6 Å². The number of hydrogen-bond donors (Lipinski definition) is 3. The molecule has 5 atom stereocenters. The summed E-state index contributed by atoms with van der Waals surface area (Å²) in [6.07, 6.45) is 14.1. The van der Waals surface area contributed by atoms with Crippen molar-refractivity contribution >= 4 is 44.7 Å². The lowest BCUT2D eigenvalue weighted by atomic mass is 9.86. The fourth-order valence-electron chi connectivity index (χ4n) is 9.98. The van der Waals surface area contributed by atoms with E-state index in [1.165, 1.54) is 4.90 Å². The number of allylic oxidation sites excluding steroid dienone is 1. The van der Waals surface area contributed by atoms with E-state index in [0.717, 1.165) is 73.5 Å². The number of ether oxygens (including phenoxy) is 4. The molecular formula is C43H53N5O10S. The zero-order chi connectivity index (χ0) is 40.7. The van der Waals surface area contributed by atoms with Gasteiger partial charge in [-0.3, -0.25) is 19.1 Å². The summed E-state index contributed by atoms with van der Waals surface area (Å²) < 4.78 is 52.4. The molecule has 15 nitrogen and oxygen atoms in total. The standard InChI is InChI=1S/C43H53N5O10S/c1-41(19-20-41)59(53,54)47-39(51)43-21-26(43)9-5-3-2-4-6-12-30(45-40(52)57-27-10-7-8-11-27)38(50)48-23-42(22-31(48)37(49)46-43)18-17-28-33-29(15-16-32-36(33)56-24-55-32)44-34(25-13-14-25)35(28)58-42/h5,9,15-16,25-27,30-31H,2-4,6-8,10-14,17-24H2,1H3,(H,45,52)(H,46,49)(H,47,51)/b9-5-/t26-,30+,31+,42-,43-/m1/s1. The van der Waals surface area contributed by atoms with E-state index in [-0.39, 0.29) is 38.2 Å². The van der Waals surface area contributed by atoms with Crippen molar-refractivity contribution in [3.63, 3.8) is 0 Å². The molecule has 4 aliphatic carbocycles. The first-order valence-corrected chi connectivity index (χ1v) is 23.1. The molecule has 4 aliphatic heterocycles. The van der Waals surface area contributed by atoms with E-state index in [2.05, 4.69) is 15.4 Å². The lowest BCUT2D eigenvalue weighted by molar-refractivity contribution is -0.141. The number of fused-ring (bicyclic) bond motifs is 7. The number of carbonyl (C=O) groups excluding carboxylic acids is 4. The Hall–Kier alpha value is -4.60. The van der Waals surface area contributed by atoms with Gasteiger partial charge in [-0.2, -0.15) is 0 Å². The third kappa shape index (κ3) is 6.96. The van der Waals surface area contributed by atoms with Gasteiger partial charge in [0.15, 0.2) is 11.5 Å². The van der Waals surface area contributed by atoms with Crippen LogP contribution in [0, 0.1) is 5.92 Å². The fraction of sp³-hybridized carbons (Fsp3) is 0.651. The number of aromatic nitrogens is 1. The lowest BCUT2D eigenvalue weighted by Gasteiger charge is -2.37. The molecule has 316 valence electrons. The zero-order valence-corrected chi connectivity index (χ0v) is 34.3. The van der Waals surface area contributed by atoms with Crippen LogP contribution in [-0.4, -0.2) is 89.5 Å². The number of pyridine rings is 1. The van der Waals surface area contributed by atoms with Crippen molar-refractivity contribution in [3.05, 3.63) is 35.5 Å². The van der Waals surface area contributed by atoms with Crippen molar-refractivity contribution < 1.29 is 46.5 Å². The Morgan fingerprint density at radius 1 is 0.966 bits per heavy atom. The van der Waals surface area contributed by atoms with Crippen LogP contribution in [0.15, 0.2) is 24.3 Å². The summed E-state index contributed by atoms with van der Waals surface area (Å²) in [5.41, 5.74) is 0.114. The molecule has 59 heavy (non-hydrogen) atoms. The third-order valence-corrected chi connectivity index (χ3v) is 16.3. The van der Waals surface area contributed by atoms with E-state index in [9.17, 15) is 27.6 Å². The molecule has 4 saturated carbocycles. The monoisotopic (exact) mass is 831 g/mol. The van der Waals surface area contributed by atoms with Gasteiger partial charge in [0, 0.05) is 23.8 Å². The van der Waals surface area contributed by atoms with Crippen LogP contribution in [0.3, 0.4) is 0 Å². The van der Waals surface area contributed by atoms with Gasteiger partial charge in [-0.15, -0.1) is 0 Å². The smallest absolute Gasteiger partial charge is 0.408 e. The predicted octanol–water partition coefficient (Wildman–Crippen LogP) is 4.94. The highest BCUT2D eigenvalue weighted by molar-refractivity contribution is 7.91. The van der Waals surface area contributed by atoms with Crippen molar-refractivity contribution in [1.29, 1.82) is 0 Å². The van der Waals surface area contributed by atoms with Gasteiger partial charge in [0.1, 0.15) is 35.1 Å². The molecule has 5 fully saturated rings. The van der Waals surface area contributed by atoms with E-state index in [1.54, 1.807) is 6.92 Å². The fourth-order valence-corrected chi connectivity index (χ4v) is 11.3. The van der Waals surface area contributed by atoms with Crippen molar-refractivity contribution in [3.8, 4) is 17.2 Å². The van der Waals surface area contributed by atoms with Crippen LogP contribution >= 0.6 is 0 Å². The summed E-state index contributed by atoms with van der Waals surface area (Å²) in [4.78, 5) is 63.8. The molecule has 5 heterocycles. The van der Waals surface area contributed by atoms with Crippen LogP contribution in [0.25, 0.3) is 10.9 Å². The van der Waals surface area contributed by atoms with Gasteiger partial charge < -0.3 is 34.5 Å². The summed E-state index contributed by atoms with van der Waals surface area (Å²) in [6, 6.07) is 1.77. The Kier molecular flexibility index (Phi) is 9.33. The maximum absolute atomic E-state index is 15.0. The highest BCUT2D eigenvalue weighted by Crippen LogP contribution is 2.54. The lowest BCUT2D eigenvalue weighted by Crippen LogP contribution is -2.58. The van der Waals surface area contributed by atoms with Gasteiger partial charge in [-0.1, -0.05) is 25.0 Å². The van der Waals surface area contributed by atoms with Gasteiger partial charge in [0.05, 0.1) is 27.9 Å². The van der Waals surface area contributed by atoms with Crippen LogP contribution in [0.5, 0.6) is 17.2 Å². The van der Waals surface area contributed by atoms with Gasteiger partial charge in [-0.05, 0) is 109 Å². The second-order valence-corrected chi connectivity index (χ2v) is 20.7. The highest BCUT2D eigenvalue weighted by Gasteiger charge is 2.64. The van der Waals surface area contributed by atoms with Gasteiger partial charge in [-0.25, -0.2) is 18.2 Å². The number of amides is 4. The second kappa shape index (κ2) is 14.3. The summed E-state index contributed by atoms with van der Waals surface area (Å²) in [5, 5.41) is 6.72. The molecule has 0 bridgehead atoms. The molecule has 0 radical (unpaired) electrons. The van der Waals surface area contributed by atoms with Crippen LogP contribution in [-0.2, 0) is 35.6 Å². The maximum atomic E-state index is 15.0. The summed E-state index contributed by atoms with van der Waals surface area (Å²) >= 11 is 0. The molecule has 4 amide bonds. The first kappa shape index (κ1) is 38.6. The molecule has 0 unspecified atom stereocenters. The van der Waals surface area contributed by atoms with Crippen LogP contribution in [0.1, 0.15) is 127 Å². The number of nitrogens with one attached hydrogen (secondary N) is 3. The molecule has 2 aromatic rings. The maximum Gasteiger partial charge on any atom is 0.408 e. The number of aryl methyl sites for hydroxylation is 1. The van der Waals surface area contributed by atoms with E-state index in [4.69, 9.17) is 23.9 Å². The van der Waals surface area contributed by atoms with Crippen molar-refractivity contribution in [1.82, 2.24) is 25.2 Å². The van der Waals surface area contributed by atoms with Crippen molar-refractivity contribution in [2.75, 3.05) is 13.3 Å². The summed E-state index contributed by atoms with van der Waals surface area (Å²) in [7, 11) is -3.99. The normalized spacial score (nSPS) is 31.8. The van der Waals surface area contributed by atoms with Gasteiger partial charge in [0.25, 0.3) is 5.91 Å². The largest absolute Gasteiger partial charge is 0.483 e. The van der Waals surface area contributed by atoms with E-state index in [0.29, 0.717) is 62.2 Å². The minimum Gasteiger partial charge on any atom is -0.483 e. The Balaban J connectivity index is 0.999. The molecule has 16 heteroatoms. The number of carbonyl (C=O) groups is 4. The Morgan fingerprint density at radius 2 is 1.76 bits per heavy atom. The van der Waals surface area contributed by atoms with Crippen molar-refractivity contribution in [2.24, 2.45) is 5.92 Å². The zero-order valence-electron chi connectivity index (χ0n) is 33.5. The number of rotatable bonds is 6. The molecule has 1 aromatic heterocycles. The molecule has 3 N–H and O–H groups in total. The summed E-state index contributed by atoms with van der Waals surface area (Å²) in [6.45, 7) is 1.78. The van der Waals surface area contributed by atoms with E-state index >= 15 is 0 Å². The summed E-state index contributed by atoms with van der Waals surface area (Å²) in [5.74, 6) is -0.0455. The van der Waals surface area contributed by atoms with Crippen LogP contribution < -0.4 is 29.6 Å². The number of nitrogens with zero attached hydrogens (tertiary/aromatic N) is 2. The Morgan fingerprint density at radius 3 is 2.54 bits per heavy atom. The van der Waals surface area contributed by atoms with Crippen LogP contribution in [0.4, 0.5) is 4.79 Å². The Labute approximate surface area is 343 Å². The number of sulfonamides is 1. The average molecular weight is 832 g/mol. The average Bonchev–Trinajstić information content (AvgIpc) is 4.16. The predicted molar refractivity (Wildman–Crippen MR) is 213 cm³/mol. The van der Waals surface area contributed by atoms with E-state index < -0.39 is 67.7 Å². The quantitative estimate of drug-likeness (QED) is 0.335. The van der Waals surface area contributed by atoms with Crippen LogP contribution in [0.2, 0.25) is 0 Å². The highest BCUT2D eigenvalue weighted by atomic mass is 32.2. The first-order chi connectivity index (χ1) is 28.4. The molecule has 10 rings (SSSR count). The number of alkyl carbamates (subject to hydrolysis) is 1. The first-order valence-electron chi connectivity index (χ1n) is 21.6. The molecule has 1 saturated heterocycles. The SMILES string of the molecule is CC1(S(=O)(=O)NC(=O)[C@@]23C[C@H]2/C=C\CCCCC[C@H](NC(=O)OC2CCCC2)C(=O)N2C[C@@]4(CCc5c(c(C6CC6)nc6ccc7c(c56)OCO7)O4)C[C@H]2C(=O)N3)CC1. The topological polar surface area (TPSA) is 192 Å². The molecule has 8 aliphatic rings. The second-order valence-electron chi connectivity index (χ2n) is 18.5.